The van der Waals surface area contributed by atoms with Gasteiger partial charge in [-0.1, -0.05) is 13.8 Å². The van der Waals surface area contributed by atoms with Gasteiger partial charge in [-0.3, -0.25) is 0 Å². The van der Waals surface area contributed by atoms with Crippen molar-refractivity contribution in [1.82, 2.24) is 14.6 Å². The molecule has 0 spiro atoms. The van der Waals surface area contributed by atoms with E-state index in [1.54, 1.807) is 0 Å². The number of piperidine rings is 1. The van der Waals surface area contributed by atoms with Gasteiger partial charge in [-0.25, -0.2) is 9.50 Å². The average Bonchev–Trinajstić information content (AvgIpc) is 2.67. The average molecular weight is 244 g/mol. The zero-order valence-electron chi connectivity index (χ0n) is 11.3. The Kier molecular flexibility index (Phi) is 2.73. The molecule has 0 aliphatic carbocycles. The van der Waals surface area contributed by atoms with Crippen molar-refractivity contribution in [2.24, 2.45) is 11.8 Å². The highest BCUT2D eigenvalue weighted by Gasteiger charge is 2.24. The van der Waals surface area contributed by atoms with E-state index < -0.39 is 0 Å². The number of nitrogens with zero attached hydrogens (tertiary/aromatic N) is 4. The molecule has 0 N–H and O–H groups in total. The second-order valence-electron chi connectivity index (χ2n) is 5.72. The fourth-order valence-corrected chi connectivity index (χ4v) is 3.11. The summed E-state index contributed by atoms with van der Waals surface area (Å²) in [6.07, 6.45) is 5.08. The molecule has 2 aromatic heterocycles. The highest BCUT2D eigenvalue weighted by Crippen LogP contribution is 2.27. The summed E-state index contributed by atoms with van der Waals surface area (Å²) in [7, 11) is 0. The molecule has 1 fully saturated rings. The van der Waals surface area contributed by atoms with Crippen molar-refractivity contribution < 1.29 is 0 Å². The van der Waals surface area contributed by atoms with Crippen LogP contribution in [0.2, 0.25) is 0 Å². The van der Waals surface area contributed by atoms with Crippen LogP contribution in [0.15, 0.2) is 18.5 Å². The van der Waals surface area contributed by atoms with Gasteiger partial charge in [0.1, 0.15) is 5.52 Å². The van der Waals surface area contributed by atoms with E-state index in [9.17, 15) is 0 Å². The van der Waals surface area contributed by atoms with Crippen LogP contribution in [0.1, 0.15) is 26.0 Å². The molecule has 1 aliphatic heterocycles. The fraction of sp³-hybridized carbons (Fsp3) is 0.571. The maximum Gasteiger partial charge on any atom is 0.154 e. The minimum Gasteiger partial charge on any atom is -0.354 e. The van der Waals surface area contributed by atoms with Crippen molar-refractivity contribution in [3.63, 3.8) is 0 Å². The van der Waals surface area contributed by atoms with Crippen LogP contribution in [0.5, 0.6) is 0 Å². The predicted molar refractivity (Wildman–Crippen MR) is 72.9 cm³/mol. The van der Waals surface area contributed by atoms with Gasteiger partial charge in [0.25, 0.3) is 0 Å². The Morgan fingerprint density at radius 3 is 2.67 bits per heavy atom. The van der Waals surface area contributed by atoms with Gasteiger partial charge in [0.05, 0.1) is 5.69 Å². The summed E-state index contributed by atoms with van der Waals surface area (Å²) < 4.78 is 1.93. The molecule has 18 heavy (non-hydrogen) atoms. The van der Waals surface area contributed by atoms with E-state index in [1.165, 1.54) is 6.42 Å². The van der Waals surface area contributed by atoms with Crippen LogP contribution >= 0.6 is 0 Å². The van der Waals surface area contributed by atoms with E-state index in [0.717, 1.165) is 42.0 Å². The molecule has 2 unspecified atom stereocenters. The Morgan fingerprint density at radius 2 is 1.94 bits per heavy atom. The Hall–Kier alpha value is -1.58. The van der Waals surface area contributed by atoms with Gasteiger partial charge < -0.3 is 4.90 Å². The first kappa shape index (κ1) is 11.5. The van der Waals surface area contributed by atoms with E-state index in [-0.39, 0.29) is 0 Å². The van der Waals surface area contributed by atoms with Gasteiger partial charge in [-0.15, -0.1) is 0 Å². The largest absolute Gasteiger partial charge is 0.354 e. The first-order chi connectivity index (χ1) is 8.63. The Morgan fingerprint density at radius 1 is 1.22 bits per heavy atom. The Bertz CT molecular complexity index is 550. The molecule has 4 nitrogen and oxygen atoms in total. The molecule has 0 bridgehead atoms. The van der Waals surface area contributed by atoms with Gasteiger partial charge in [0.15, 0.2) is 5.82 Å². The Balaban J connectivity index is 2.02. The molecule has 0 amide bonds. The molecular weight excluding hydrogens is 224 g/mol. The predicted octanol–water partition coefficient (Wildman–Crippen LogP) is 2.52. The number of hydrogen-bond donors (Lipinski definition) is 0. The van der Waals surface area contributed by atoms with E-state index >= 15 is 0 Å². The van der Waals surface area contributed by atoms with E-state index in [2.05, 4.69) is 34.9 Å². The number of aromatic nitrogens is 3. The summed E-state index contributed by atoms with van der Waals surface area (Å²) >= 11 is 0. The lowest BCUT2D eigenvalue weighted by Gasteiger charge is -2.35. The minimum atomic E-state index is 0.736. The summed E-state index contributed by atoms with van der Waals surface area (Å²) in [5.74, 6) is 2.55. The molecule has 4 heteroatoms. The first-order valence-electron chi connectivity index (χ1n) is 6.69. The van der Waals surface area contributed by atoms with Crippen LogP contribution in [0, 0.1) is 18.8 Å². The lowest BCUT2D eigenvalue weighted by Crippen LogP contribution is -2.39. The minimum absolute atomic E-state index is 0.736. The van der Waals surface area contributed by atoms with Gasteiger partial charge in [-0.2, -0.15) is 5.10 Å². The Labute approximate surface area is 108 Å². The molecule has 0 radical (unpaired) electrons. The normalized spacial score (nSPS) is 24.7. The van der Waals surface area contributed by atoms with Crippen LogP contribution < -0.4 is 4.90 Å². The first-order valence-corrected chi connectivity index (χ1v) is 6.69. The van der Waals surface area contributed by atoms with Crippen molar-refractivity contribution in [3.05, 3.63) is 24.2 Å². The standard InChI is InChI=1S/C14H20N4/c1-10-6-11(2)9-17(8-10)14-13-7-12(3)16-18(13)5-4-15-14/h4-5,7,10-11H,6,8-9H2,1-3H3. The summed E-state index contributed by atoms with van der Waals surface area (Å²) in [4.78, 5) is 6.99. The molecule has 3 heterocycles. The van der Waals surface area contributed by atoms with E-state index in [1.807, 2.05) is 23.8 Å². The second kappa shape index (κ2) is 4.26. The lowest BCUT2D eigenvalue weighted by molar-refractivity contribution is 0.355. The number of rotatable bonds is 1. The van der Waals surface area contributed by atoms with Crippen LogP contribution in [0.4, 0.5) is 5.82 Å². The number of aryl methyl sites for hydroxylation is 1. The van der Waals surface area contributed by atoms with E-state index in [0.29, 0.717) is 0 Å². The van der Waals surface area contributed by atoms with Gasteiger partial charge in [0, 0.05) is 25.5 Å². The summed E-state index contributed by atoms with van der Waals surface area (Å²) in [5, 5.41) is 4.46. The molecule has 0 saturated carbocycles. The molecule has 2 atom stereocenters. The van der Waals surface area contributed by atoms with Crippen molar-refractivity contribution in [1.29, 1.82) is 0 Å². The lowest BCUT2D eigenvalue weighted by atomic mass is 9.92. The number of fused-ring (bicyclic) bond motifs is 1. The van der Waals surface area contributed by atoms with Crippen LogP contribution in [0.3, 0.4) is 0 Å². The second-order valence-corrected chi connectivity index (χ2v) is 5.72. The topological polar surface area (TPSA) is 33.4 Å². The van der Waals surface area contributed by atoms with Gasteiger partial charge in [0.2, 0.25) is 0 Å². The van der Waals surface area contributed by atoms with Gasteiger partial charge >= 0.3 is 0 Å². The zero-order valence-corrected chi connectivity index (χ0v) is 11.3. The van der Waals surface area contributed by atoms with Crippen molar-refractivity contribution >= 4 is 11.3 Å². The molecule has 96 valence electrons. The molecule has 3 rings (SSSR count). The SMILES string of the molecule is Cc1cc2c(N3CC(C)CC(C)C3)nccn2n1. The van der Waals surface area contributed by atoms with Crippen molar-refractivity contribution in [2.75, 3.05) is 18.0 Å². The van der Waals surface area contributed by atoms with Crippen LogP contribution in [-0.4, -0.2) is 27.7 Å². The van der Waals surface area contributed by atoms with Crippen molar-refractivity contribution in [3.8, 4) is 0 Å². The summed E-state index contributed by atoms with van der Waals surface area (Å²) in [6.45, 7) is 8.87. The molecular formula is C14H20N4. The van der Waals surface area contributed by atoms with Crippen LogP contribution in [0.25, 0.3) is 5.52 Å². The maximum absolute atomic E-state index is 4.58. The highest BCUT2D eigenvalue weighted by molar-refractivity contribution is 5.69. The zero-order chi connectivity index (χ0) is 12.7. The molecule has 2 aromatic rings. The third-order valence-electron chi connectivity index (χ3n) is 3.66. The monoisotopic (exact) mass is 244 g/mol. The van der Waals surface area contributed by atoms with Crippen molar-refractivity contribution in [2.45, 2.75) is 27.2 Å². The van der Waals surface area contributed by atoms with Gasteiger partial charge in [-0.05, 0) is 31.2 Å². The molecule has 1 aliphatic rings. The van der Waals surface area contributed by atoms with E-state index in [4.69, 9.17) is 0 Å². The summed E-state index contributed by atoms with van der Waals surface area (Å²) in [6, 6.07) is 2.12. The fourth-order valence-electron chi connectivity index (χ4n) is 3.11. The molecule has 0 aromatic carbocycles. The summed E-state index contributed by atoms with van der Waals surface area (Å²) in [5.41, 5.74) is 2.17. The highest BCUT2D eigenvalue weighted by atomic mass is 15.3. The van der Waals surface area contributed by atoms with Crippen LogP contribution in [-0.2, 0) is 0 Å². The maximum atomic E-state index is 4.58. The third kappa shape index (κ3) is 1.96. The number of anilines is 1. The number of hydrogen-bond acceptors (Lipinski definition) is 3. The smallest absolute Gasteiger partial charge is 0.154 e. The quantitative estimate of drug-likeness (QED) is 0.773. The molecule has 1 saturated heterocycles. The third-order valence-corrected chi connectivity index (χ3v) is 3.66.